The lowest BCUT2D eigenvalue weighted by Crippen LogP contribution is -2.05. The smallest absolute Gasteiger partial charge is 0.350 e. The Bertz CT molecular complexity index is 622. The molecule has 1 heterocycles. The van der Waals surface area contributed by atoms with Crippen molar-refractivity contribution in [2.24, 2.45) is 0 Å². The summed E-state index contributed by atoms with van der Waals surface area (Å²) in [5.41, 5.74) is 8.56. The number of anilines is 1. The molecule has 0 aliphatic carbocycles. The molecule has 0 fully saturated rings. The van der Waals surface area contributed by atoms with E-state index in [9.17, 15) is 4.79 Å². The summed E-state index contributed by atoms with van der Waals surface area (Å²) >= 11 is 3.66. The number of esters is 1. The molecule has 0 radical (unpaired) electrons. The van der Waals surface area contributed by atoms with Gasteiger partial charge in [-0.05, 0) is 59.7 Å². The van der Waals surface area contributed by atoms with E-state index in [0.717, 1.165) is 19.6 Å². The Morgan fingerprint density at radius 3 is 2.84 bits per heavy atom. The van der Waals surface area contributed by atoms with Crippen LogP contribution >= 0.6 is 33.9 Å². The molecule has 19 heavy (non-hydrogen) atoms. The van der Waals surface area contributed by atoms with Gasteiger partial charge in [-0.1, -0.05) is 12.1 Å². The normalized spacial score (nSPS) is 10.5. The van der Waals surface area contributed by atoms with E-state index in [4.69, 9.17) is 10.5 Å². The first-order valence-electron chi connectivity index (χ1n) is 5.86. The van der Waals surface area contributed by atoms with Gasteiger partial charge in [0.1, 0.15) is 4.88 Å². The second kappa shape index (κ2) is 5.92. The fraction of sp³-hybridized carbons (Fsp3) is 0.214. The van der Waals surface area contributed by atoms with E-state index < -0.39 is 0 Å². The van der Waals surface area contributed by atoms with Crippen LogP contribution in [0.25, 0.3) is 10.4 Å². The quantitative estimate of drug-likeness (QED) is 0.638. The van der Waals surface area contributed by atoms with Gasteiger partial charge in [0.15, 0.2) is 0 Å². The largest absolute Gasteiger partial charge is 0.462 e. The standard InChI is InChI=1S/C14H14INO2S/c1-3-18-14(17)13-11(16)8(2)12(19-13)9-5-4-6-10(15)7-9/h4-7H,3,16H2,1-2H3. The van der Waals surface area contributed by atoms with E-state index in [1.165, 1.54) is 11.3 Å². The first kappa shape index (κ1) is 14.3. The van der Waals surface area contributed by atoms with Crippen molar-refractivity contribution in [2.75, 3.05) is 12.3 Å². The molecule has 0 amide bonds. The number of ether oxygens (including phenoxy) is 1. The van der Waals surface area contributed by atoms with E-state index in [0.29, 0.717) is 17.2 Å². The van der Waals surface area contributed by atoms with E-state index in [-0.39, 0.29) is 5.97 Å². The minimum atomic E-state index is -0.343. The van der Waals surface area contributed by atoms with E-state index in [1.807, 2.05) is 25.1 Å². The zero-order chi connectivity index (χ0) is 14.0. The minimum Gasteiger partial charge on any atom is -0.462 e. The molecule has 0 saturated carbocycles. The minimum absolute atomic E-state index is 0.343. The summed E-state index contributed by atoms with van der Waals surface area (Å²) in [4.78, 5) is 13.4. The van der Waals surface area contributed by atoms with Gasteiger partial charge in [-0.3, -0.25) is 0 Å². The molecule has 5 heteroatoms. The molecule has 2 N–H and O–H groups in total. The Morgan fingerprint density at radius 1 is 1.47 bits per heavy atom. The highest BCUT2D eigenvalue weighted by molar-refractivity contribution is 14.1. The maximum absolute atomic E-state index is 11.8. The van der Waals surface area contributed by atoms with Crippen molar-refractivity contribution < 1.29 is 9.53 Å². The van der Waals surface area contributed by atoms with Crippen molar-refractivity contribution in [3.05, 3.63) is 38.3 Å². The summed E-state index contributed by atoms with van der Waals surface area (Å²) in [6.07, 6.45) is 0. The molecule has 0 unspecified atom stereocenters. The number of thiophene rings is 1. The van der Waals surface area contributed by atoms with Crippen LogP contribution in [0.5, 0.6) is 0 Å². The van der Waals surface area contributed by atoms with Crippen LogP contribution in [-0.4, -0.2) is 12.6 Å². The fourth-order valence-corrected chi connectivity index (χ4v) is 3.44. The Balaban J connectivity index is 2.49. The van der Waals surface area contributed by atoms with E-state index >= 15 is 0 Å². The van der Waals surface area contributed by atoms with Gasteiger partial charge in [0.25, 0.3) is 0 Å². The van der Waals surface area contributed by atoms with Crippen LogP contribution in [0.4, 0.5) is 5.69 Å². The van der Waals surface area contributed by atoms with Gasteiger partial charge in [-0.15, -0.1) is 11.3 Å². The highest BCUT2D eigenvalue weighted by Crippen LogP contribution is 2.38. The van der Waals surface area contributed by atoms with Gasteiger partial charge in [0.05, 0.1) is 12.3 Å². The van der Waals surface area contributed by atoms with Gasteiger partial charge in [0, 0.05) is 8.45 Å². The molecule has 0 saturated heterocycles. The predicted octanol–water partition coefficient (Wildman–Crippen LogP) is 4.09. The van der Waals surface area contributed by atoms with Crippen LogP contribution in [-0.2, 0) is 4.74 Å². The zero-order valence-corrected chi connectivity index (χ0v) is 13.7. The second-order valence-electron chi connectivity index (χ2n) is 4.03. The van der Waals surface area contributed by atoms with Crippen molar-refractivity contribution in [3.8, 4) is 10.4 Å². The number of halogens is 1. The van der Waals surface area contributed by atoms with Crippen LogP contribution in [0, 0.1) is 10.5 Å². The molecule has 1 aromatic carbocycles. The molecule has 0 spiro atoms. The molecule has 100 valence electrons. The molecule has 2 rings (SSSR count). The van der Waals surface area contributed by atoms with Gasteiger partial charge in [-0.2, -0.15) is 0 Å². The maximum Gasteiger partial charge on any atom is 0.350 e. The Kier molecular flexibility index (Phi) is 4.46. The predicted molar refractivity (Wildman–Crippen MR) is 87.6 cm³/mol. The molecular formula is C14H14INO2S. The zero-order valence-electron chi connectivity index (χ0n) is 10.7. The van der Waals surface area contributed by atoms with Crippen molar-refractivity contribution >= 4 is 45.6 Å². The summed E-state index contributed by atoms with van der Waals surface area (Å²) in [6.45, 7) is 4.08. The highest BCUT2D eigenvalue weighted by Gasteiger charge is 2.20. The number of hydrogen-bond acceptors (Lipinski definition) is 4. The fourth-order valence-electron chi connectivity index (χ4n) is 1.78. The summed E-state index contributed by atoms with van der Waals surface area (Å²) < 4.78 is 6.18. The second-order valence-corrected chi connectivity index (χ2v) is 6.30. The van der Waals surface area contributed by atoms with Crippen molar-refractivity contribution in [3.63, 3.8) is 0 Å². The molecule has 1 aromatic heterocycles. The van der Waals surface area contributed by atoms with Crippen LogP contribution in [0.1, 0.15) is 22.2 Å². The van der Waals surface area contributed by atoms with Crippen LogP contribution < -0.4 is 5.73 Å². The maximum atomic E-state index is 11.8. The Labute approximate surface area is 129 Å². The summed E-state index contributed by atoms with van der Waals surface area (Å²) in [6, 6.07) is 8.13. The summed E-state index contributed by atoms with van der Waals surface area (Å²) in [5, 5.41) is 0. The van der Waals surface area contributed by atoms with Gasteiger partial charge in [-0.25, -0.2) is 4.79 Å². The lowest BCUT2D eigenvalue weighted by Gasteiger charge is -2.00. The van der Waals surface area contributed by atoms with Gasteiger partial charge < -0.3 is 10.5 Å². The third kappa shape index (κ3) is 2.92. The van der Waals surface area contributed by atoms with Crippen molar-refractivity contribution in [1.82, 2.24) is 0 Å². The molecule has 0 aliphatic rings. The molecule has 3 nitrogen and oxygen atoms in total. The van der Waals surface area contributed by atoms with Crippen LogP contribution in [0.3, 0.4) is 0 Å². The lowest BCUT2D eigenvalue weighted by atomic mass is 10.1. The summed E-state index contributed by atoms with van der Waals surface area (Å²) in [7, 11) is 0. The monoisotopic (exact) mass is 387 g/mol. The highest BCUT2D eigenvalue weighted by atomic mass is 127. The SMILES string of the molecule is CCOC(=O)c1sc(-c2cccc(I)c2)c(C)c1N. The molecule has 0 atom stereocenters. The van der Waals surface area contributed by atoms with Gasteiger partial charge >= 0.3 is 5.97 Å². The van der Waals surface area contributed by atoms with Gasteiger partial charge in [0.2, 0.25) is 0 Å². The van der Waals surface area contributed by atoms with Crippen LogP contribution in [0.15, 0.2) is 24.3 Å². The number of rotatable bonds is 3. The molecule has 0 aliphatic heterocycles. The third-order valence-corrected chi connectivity index (χ3v) is 4.75. The number of benzene rings is 1. The molecule has 2 aromatic rings. The van der Waals surface area contributed by atoms with E-state index in [2.05, 4.69) is 28.7 Å². The number of carbonyl (C=O) groups excluding carboxylic acids is 1. The number of nitrogen functional groups attached to an aromatic ring is 1. The van der Waals surface area contributed by atoms with Crippen molar-refractivity contribution in [2.45, 2.75) is 13.8 Å². The number of carbonyl (C=O) groups is 1. The topological polar surface area (TPSA) is 52.3 Å². The molecule has 0 bridgehead atoms. The lowest BCUT2D eigenvalue weighted by molar-refractivity contribution is 0.0533. The van der Waals surface area contributed by atoms with Crippen molar-refractivity contribution in [1.29, 1.82) is 0 Å². The third-order valence-electron chi connectivity index (χ3n) is 2.74. The van der Waals surface area contributed by atoms with Crippen LogP contribution in [0.2, 0.25) is 0 Å². The first-order valence-corrected chi connectivity index (χ1v) is 7.76. The number of nitrogens with two attached hydrogens (primary N) is 1. The Morgan fingerprint density at radius 2 is 2.21 bits per heavy atom. The average Bonchev–Trinajstić information content (AvgIpc) is 2.67. The van der Waals surface area contributed by atoms with E-state index in [1.54, 1.807) is 6.92 Å². The molecular weight excluding hydrogens is 373 g/mol. The summed E-state index contributed by atoms with van der Waals surface area (Å²) in [5.74, 6) is -0.343. The number of hydrogen-bond donors (Lipinski definition) is 1. The first-order chi connectivity index (χ1) is 9.04. The average molecular weight is 387 g/mol. The Hall–Kier alpha value is -1.08.